The van der Waals surface area contributed by atoms with Gasteiger partial charge in [0, 0.05) is 17.9 Å². The van der Waals surface area contributed by atoms with Crippen LogP contribution in [-0.2, 0) is 15.3 Å². The van der Waals surface area contributed by atoms with Gasteiger partial charge in [0.1, 0.15) is 5.76 Å². The van der Waals surface area contributed by atoms with E-state index in [1.807, 2.05) is 13.8 Å². The highest BCUT2D eigenvalue weighted by atomic mass is 32.2. The zero-order valence-electron chi connectivity index (χ0n) is 11.8. The summed E-state index contributed by atoms with van der Waals surface area (Å²) in [5.41, 5.74) is 1.94. The number of carbonyl (C=O) groups excluding carboxylic acids is 1. The predicted octanol–water partition coefficient (Wildman–Crippen LogP) is 0.744. The van der Waals surface area contributed by atoms with E-state index in [0.29, 0.717) is 31.3 Å². The Kier molecular flexibility index (Phi) is 5.45. The number of hydrogen-bond donors (Lipinski definition) is 1. The van der Waals surface area contributed by atoms with Crippen LogP contribution in [0.25, 0.3) is 0 Å². The molecule has 0 spiro atoms. The average Bonchev–Trinajstić information content (AvgIpc) is 2.78. The van der Waals surface area contributed by atoms with Crippen molar-refractivity contribution >= 4 is 17.7 Å². The normalized spacial score (nSPS) is 19.4. The van der Waals surface area contributed by atoms with Crippen molar-refractivity contribution in [2.45, 2.75) is 25.6 Å². The van der Waals surface area contributed by atoms with Crippen molar-refractivity contribution < 1.29 is 19.2 Å². The first kappa shape index (κ1) is 15.3. The van der Waals surface area contributed by atoms with Gasteiger partial charge in [-0.25, -0.2) is 0 Å². The third-order valence-corrected chi connectivity index (χ3v) is 4.36. The first-order chi connectivity index (χ1) is 9.63. The number of morpholine rings is 1. The van der Waals surface area contributed by atoms with E-state index < -0.39 is 0 Å². The molecular formula is C13H20N2O4S. The fourth-order valence-electron chi connectivity index (χ4n) is 2.17. The van der Waals surface area contributed by atoms with Gasteiger partial charge in [-0.05, 0) is 13.8 Å². The summed E-state index contributed by atoms with van der Waals surface area (Å²) in [5, 5.41) is 13.2. The molecule has 0 aromatic carbocycles. The maximum atomic E-state index is 12.2. The average molecular weight is 300 g/mol. The molecule has 1 aromatic rings. The zero-order chi connectivity index (χ0) is 14.5. The number of aryl methyl sites for hydroxylation is 2. The summed E-state index contributed by atoms with van der Waals surface area (Å²) in [6, 6.07) is -0.212. The Morgan fingerprint density at radius 2 is 2.35 bits per heavy atom. The van der Waals surface area contributed by atoms with Crippen molar-refractivity contribution in [1.82, 2.24) is 10.1 Å². The summed E-state index contributed by atoms with van der Waals surface area (Å²) in [6.07, 6.45) is 0. The highest BCUT2D eigenvalue weighted by Crippen LogP contribution is 2.20. The molecule has 0 bridgehead atoms. The van der Waals surface area contributed by atoms with E-state index in [9.17, 15) is 9.90 Å². The van der Waals surface area contributed by atoms with Crippen molar-refractivity contribution in [1.29, 1.82) is 0 Å². The Bertz CT molecular complexity index is 444. The highest BCUT2D eigenvalue weighted by Gasteiger charge is 2.26. The molecule has 1 saturated heterocycles. The predicted molar refractivity (Wildman–Crippen MR) is 75.5 cm³/mol. The van der Waals surface area contributed by atoms with Gasteiger partial charge >= 0.3 is 0 Å². The molecule has 2 heterocycles. The minimum atomic E-state index is -0.212. The van der Waals surface area contributed by atoms with Gasteiger partial charge < -0.3 is 19.3 Å². The van der Waals surface area contributed by atoms with Crippen LogP contribution < -0.4 is 0 Å². The maximum absolute atomic E-state index is 12.2. The number of rotatable bonds is 5. The molecule has 1 amide bonds. The molecule has 6 nitrogen and oxygen atoms in total. The number of aliphatic hydroxyl groups excluding tert-OH is 1. The lowest BCUT2D eigenvalue weighted by molar-refractivity contribution is -0.138. The summed E-state index contributed by atoms with van der Waals surface area (Å²) in [4.78, 5) is 13.9. The fraction of sp³-hybridized carbons (Fsp3) is 0.692. The molecule has 1 fully saturated rings. The number of thioether (sulfide) groups is 1. The maximum Gasteiger partial charge on any atom is 0.233 e. The van der Waals surface area contributed by atoms with Crippen LogP contribution in [0.3, 0.4) is 0 Å². The summed E-state index contributed by atoms with van der Waals surface area (Å²) in [5.74, 6) is 1.95. The minimum Gasteiger partial charge on any atom is -0.394 e. The lowest BCUT2D eigenvalue weighted by Gasteiger charge is -2.34. The standard InChI is InChI=1S/C13H20N2O4S/c1-9-12(10(2)19-14-9)7-20-8-13(17)15-3-4-18-6-11(15)5-16/h11,16H,3-8H2,1-2H3. The van der Waals surface area contributed by atoms with E-state index in [1.54, 1.807) is 4.90 Å². The fourth-order valence-corrected chi connectivity index (χ4v) is 3.22. The number of hydrogen-bond acceptors (Lipinski definition) is 6. The third kappa shape index (κ3) is 3.53. The Labute approximate surface area is 122 Å². The Balaban J connectivity index is 1.83. The molecule has 112 valence electrons. The van der Waals surface area contributed by atoms with Gasteiger partial charge in [-0.3, -0.25) is 4.79 Å². The van der Waals surface area contributed by atoms with Crippen molar-refractivity contribution in [2.75, 3.05) is 32.1 Å². The van der Waals surface area contributed by atoms with E-state index in [0.717, 1.165) is 17.0 Å². The lowest BCUT2D eigenvalue weighted by Crippen LogP contribution is -2.51. The molecule has 1 aromatic heterocycles. The van der Waals surface area contributed by atoms with E-state index in [-0.39, 0.29) is 18.6 Å². The number of amides is 1. The van der Waals surface area contributed by atoms with E-state index >= 15 is 0 Å². The number of aromatic nitrogens is 1. The van der Waals surface area contributed by atoms with E-state index in [4.69, 9.17) is 9.26 Å². The number of nitrogens with zero attached hydrogens (tertiary/aromatic N) is 2. The summed E-state index contributed by atoms with van der Waals surface area (Å²) in [7, 11) is 0. The molecule has 1 N–H and O–H groups in total. The van der Waals surface area contributed by atoms with Gasteiger partial charge in [0.2, 0.25) is 5.91 Å². The molecule has 7 heteroatoms. The molecule has 0 radical (unpaired) electrons. The summed E-state index contributed by atoms with van der Waals surface area (Å²) >= 11 is 1.54. The molecular weight excluding hydrogens is 280 g/mol. The largest absolute Gasteiger partial charge is 0.394 e. The molecule has 0 aliphatic carbocycles. The SMILES string of the molecule is Cc1noc(C)c1CSCC(=O)N1CCOCC1CO. The van der Waals surface area contributed by atoms with Gasteiger partial charge in [0.05, 0.1) is 37.3 Å². The second-order valence-corrected chi connectivity index (χ2v) is 5.78. The number of aliphatic hydroxyl groups is 1. The molecule has 0 saturated carbocycles. The first-order valence-corrected chi connectivity index (χ1v) is 7.76. The van der Waals surface area contributed by atoms with E-state index in [2.05, 4.69) is 5.16 Å². The molecule has 2 rings (SSSR count). The first-order valence-electron chi connectivity index (χ1n) is 6.61. The van der Waals surface area contributed by atoms with Crippen molar-refractivity contribution in [3.8, 4) is 0 Å². The van der Waals surface area contributed by atoms with Gasteiger partial charge in [-0.15, -0.1) is 11.8 Å². The van der Waals surface area contributed by atoms with Crippen LogP contribution in [-0.4, -0.2) is 59.2 Å². The zero-order valence-corrected chi connectivity index (χ0v) is 12.6. The number of ether oxygens (including phenoxy) is 1. The molecule has 20 heavy (non-hydrogen) atoms. The Hall–Kier alpha value is -1.05. The molecule has 1 atom stereocenters. The van der Waals surface area contributed by atoms with Crippen LogP contribution >= 0.6 is 11.8 Å². The van der Waals surface area contributed by atoms with Crippen molar-refractivity contribution in [3.63, 3.8) is 0 Å². The van der Waals surface area contributed by atoms with Crippen LogP contribution in [0, 0.1) is 13.8 Å². The summed E-state index contributed by atoms with van der Waals surface area (Å²) < 4.78 is 10.4. The van der Waals surface area contributed by atoms with Crippen LogP contribution in [0.4, 0.5) is 0 Å². The quantitative estimate of drug-likeness (QED) is 0.864. The van der Waals surface area contributed by atoms with Gasteiger partial charge in [-0.2, -0.15) is 0 Å². The van der Waals surface area contributed by atoms with Gasteiger partial charge in [-0.1, -0.05) is 5.16 Å². The lowest BCUT2D eigenvalue weighted by atomic mass is 10.2. The summed E-state index contributed by atoms with van der Waals surface area (Å²) in [6.45, 7) is 5.23. The van der Waals surface area contributed by atoms with E-state index in [1.165, 1.54) is 11.8 Å². The van der Waals surface area contributed by atoms with Crippen LogP contribution in [0.2, 0.25) is 0 Å². The monoisotopic (exact) mass is 300 g/mol. The van der Waals surface area contributed by atoms with Crippen LogP contribution in [0.1, 0.15) is 17.0 Å². The second-order valence-electron chi connectivity index (χ2n) is 4.79. The number of carbonyl (C=O) groups is 1. The second kappa shape index (κ2) is 7.10. The van der Waals surface area contributed by atoms with Crippen molar-refractivity contribution in [2.24, 2.45) is 0 Å². The topological polar surface area (TPSA) is 75.8 Å². The Morgan fingerprint density at radius 3 is 3.00 bits per heavy atom. The smallest absolute Gasteiger partial charge is 0.233 e. The Morgan fingerprint density at radius 1 is 1.55 bits per heavy atom. The van der Waals surface area contributed by atoms with Crippen molar-refractivity contribution in [3.05, 3.63) is 17.0 Å². The molecule has 1 aliphatic heterocycles. The van der Waals surface area contributed by atoms with Crippen LogP contribution in [0.15, 0.2) is 4.52 Å². The minimum absolute atomic E-state index is 0.0455. The van der Waals surface area contributed by atoms with Crippen LogP contribution in [0.5, 0.6) is 0 Å². The highest BCUT2D eigenvalue weighted by molar-refractivity contribution is 7.99. The van der Waals surface area contributed by atoms with Gasteiger partial charge in [0.15, 0.2) is 0 Å². The molecule has 1 unspecified atom stereocenters. The van der Waals surface area contributed by atoms with Gasteiger partial charge in [0.25, 0.3) is 0 Å². The third-order valence-electron chi connectivity index (χ3n) is 3.41. The molecule has 1 aliphatic rings.